The average molecular weight is 239 g/mol. The molecule has 1 rings (SSSR count). The molecule has 0 aliphatic carbocycles. The van der Waals surface area contributed by atoms with Gasteiger partial charge >= 0.3 is 18.1 Å². The molecule has 0 aromatic heterocycles. The smallest absolute Gasteiger partial charge is 0.471 e. The van der Waals surface area contributed by atoms with Crippen LogP contribution in [0.25, 0.3) is 0 Å². The second-order valence-corrected chi connectivity index (χ2v) is 3.68. The molecule has 8 heteroatoms. The zero-order chi connectivity index (χ0) is 12.7. The van der Waals surface area contributed by atoms with Crippen molar-refractivity contribution in [2.24, 2.45) is 0 Å². The number of carboxylic acids is 1. The Kier molecular flexibility index (Phi) is 2.70. The third kappa shape index (κ3) is 1.86. The molecule has 1 amide bonds. The summed E-state index contributed by atoms with van der Waals surface area (Å²) in [6, 6.07) is 0. The zero-order valence-corrected chi connectivity index (χ0v) is 8.17. The molecule has 0 saturated carbocycles. The number of rotatable bonds is 1. The van der Waals surface area contributed by atoms with Crippen LogP contribution in [-0.2, 0) is 14.4 Å². The molecular weight excluding hydrogens is 231 g/mol. The van der Waals surface area contributed by atoms with Gasteiger partial charge in [-0.25, -0.2) is 4.79 Å². The molecule has 0 bridgehead atoms. The third-order valence-corrected chi connectivity index (χ3v) is 2.42. The summed E-state index contributed by atoms with van der Waals surface area (Å²) in [7, 11) is 0. The Labute approximate surface area is 87.8 Å². The van der Waals surface area contributed by atoms with Gasteiger partial charge in [-0.05, 0) is 6.92 Å². The van der Waals surface area contributed by atoms with E-state index in [0.29, 0.717) is 0 Å². The van der Waals surface area contributed by atoms with Gasteiger partial charge in [0.25, 0.3) is 0 Å². The number of aliphatic carboxylic acids is 1. The monoisotopic (exact) mass is 239 g/mol. The number of alkyl halides is 3. The number of carbonyl (C=O) groups excluding carboxylic acids is 2. The predicted octanol–water partition coefficient (Wildman–Crippen LogP) is 0.193. The third-order valence-electron chi connectivity index (χ3n) is 2.42. The van der Waals surface area contributed by atoms with Crippen LogP contribution in [0.5, 0.6) is 0 Å². The highest BCUT2D eigenvalue weighted by Crippen LogP contribution is 2.31. The summed E-state index contributed by atoms with van der Waals surface area (Å²) in [4.78, 5) is 32.7. The van der Waals surface area contributed by atoms with Crippen LogP contribution in [0.15, 0.2) is 0 Å². The summed E-state index contributed by atoms with van der Waals surface area (Å²) >= 11 is 0. The molecule has 1 N–H and O–H groups in total. The topological polar surface area (TPSA) is 74.7 Å². The molecule has 1 aliphatic rings. The molecule has 1 aliphatic heterocycles. The number of carboxylic acid groups (broad SMARTS) is 1. The molecule has 1 saturated heterocycles. The molecule has 1 atom stereocenters. The van der Waals surface area contributed by atoms with Crippen molar-refractivity contribution in [1.82, 2.24) is 4.90 Å². The fourth-order valence-corrected chi connectivity index (χ4v) is 1.53. The molecule has 0 aromatic carbocycles. The SMILES string of the molecule is CC1(C(=O)O)CC(=O)CN1C(=O)C(F)(F)F. The van der Waals surface area contributed by atoms with Crippen molar-refractivity contribution in [3.05, 3.63) is 0 Å². The van der Waals surface area contributed by atoms with Crippen LogP contribution in [0, 0.1) is 0 Å². The van der Waals surface area contributed by atoms with E-state index in [1.807, 2.05) is 0 Å². The fourth-order valence-electron chi connectivity index (χ4n) is 1.53. The van der Waals surface area contributed by atoms with E-state index in [9.17, 15) is 27.6 Å². The van der Waals surface area contributed by atoms with Gasteiger partial charge in [-0.15, -0.1) is 0 Å². The maximum Gasteiger partial charge on any atom is 0.471 e. The highest BCUT2D eigenvalue weighted by molar-refractivity contribution is 6.00. The first kappa shape index (κ1) is 12.5. The first-order valence-electron chi connectivity index (χ1n) is 4.23. The van der Waals surface area contributed by atoms with Gasteiger partial charge in [-0.3, -0.25) is 9.59 Å². The zero-order valence-electron chi connectivity index (χ0n) is 8.17. The minimum Gasteiger partial charge on any atom is -0.479 e. The van der Waals surface area contributed by atoms with Gasteiger partial charge in [0, 0.05) is 6.42 Å². The Morgan fingerprint density at radius 1 is 1.44 bits per heavy atom. The Morgan fingerprint density at radius 2 is 1.94 bits per heavy atom. The Morgan fingerprint density at radius 3 is 2.31 bits per heavy atom. The van der Waals surface area contributed by atoms with Crippen molar-refractivity contribution in [3.8, 4) is 0 Å². The quantitative estimate of drug-likeness (QED) is 0.709. The second-order valence-electron chi connectivity index (χ2n) is 3.68. The molecule has 0 spiro atoms. The van der Waals surface area contributed by atoms with E-state index in [4.69, 9.17) is 5.11 Å². The number of carbonyl (C=O) groups is 3. The number of ketones is 1. The standard InChI is InChI=1S/C8H8F3NO4/c1-7(6(15)16)2-4(13)3-12(7)5(14)8(9,10)11/h2-3H2,1H3,(H,15,16). The number of likely N-dealkylation sites (tertiary alicyclic amines) is 1. The largest absolute Gasteiger partial charge is 0.479 e. The Balaban J connectivity index is 3.08. The van der Waals surface area contributed by atoms with Crippen molar-refractivity contribution in [3.63, 3.8) is 0 Å². The van der Waals surface area contributed by atoms with Gasteiger partial charge in [0.05, 0.1) is 6.54 Å². The molecule has 0 aromatic rings. The summed E-state index contributed by atoms with van der Waals surface area (Å²) in [6.45, 7) is 0.102. The Hall–Kier alpha value is -1.60. The molecule has 16 heavy (non-hydrogen) atoms. The van der Waals surface area contributed by atoms with Gasteiger partial charge < -0.3 is 10.0 Å². The fraction of sp³-hybridized carbons (Fsp3) is 0.625. The van der Waals surface area contributed by atoms with Crippen LogP contribution >= 0.6 is 0 Å². The number of Topliss-reactive ketones (excluding diaryl/α,β-unsaturated/α-hetero) is 1. The molecule has 1 fully saturated rings. The normalized spacial score (nSPS) is 26.0. The molecule has 1 heterocycles. The number of halogens is 3. The lowest BCUT2D eigenvalue weighted by atomic mass is 9.99. The number of nitrogens with zero attached hydrogens (tertiary/aromatic N) is 1. The lowest BCUT2D eigenvalue weighted by Crippen LogP contribution is -2.54. The van der Waals surface area contributed by atoms with E-state index >= 15 is 0 Å². The summed E-state index contributed by atoms with van der Waals surface area (Å²) in [6.07, 6.45) is -5.79. The number of hydrogen-bond donors (Lipinski definition) is 1. The van der Waals surface area contributed by atoms with E-state index < -0.39 is 42.3 Å². The van der Waals surface area contributed by atoms with Crippen molar-refractivity contribution < 1.29 is 32.7 Å². The minimum atomic E-state index is -5.18. The van der Waals surface area contributed by atoms with Gasteiger partial charge in [-0.1, -0.05) is 0 Å². The van der Waals surface area contributed by atoms with Gasteiger partial charge in [0.2, 0.25) is 0 Å². The van der Waals surface area contributed by atoms with E-state index in [2.05, 4.69) is 0 Å². The average Bonchev–Trinajstić information content (AvgIpc) is 2.40. The highest BCUT2D eigenvalue weighted by atomic mass is 19.4. The van der Waals surface area contributed by atoms with Crippen LogP contribution in [0.3, 0.4) is 0 Å². The van der Waals surface area contributed by atoms with E-state index in [0.717, 1.165) is 6.92 Å². The van der Waals surface area contributed by atoms with Gasteiger partial charge in [0.15, 0.2) is 5.78 Å². The summed E-state index contributed by atoms with van der Waals surface area (Å²) < 4.78 is 36.4. The van der Waals surface area contributed by atoms with Crippen LogP contribution in [0.4, 0.5) is 13.2 Å². The first-order valence-corrected chi connectivity index (χ1v) is 4.23. The van der Waals surface area contributed by atoms with Crippen molar-refractivity contribution in [1.29, 1.82) is 0 Å². The van der Waals surface area contributed by atoms with Gasteiger partial charge in [-0.2, -0.15) is 13.2 Å². The minimum absolute atomic E-state index is 0.0532. The summed E-state index contributed by atoms with van der Waals surface area (Å²) in [5, 5.41) is 8.76. The van der Waals surface area contributed by atoms with Crippen molar-refractivity contribution in [2.75, 3.05) is 6.54 Å². The summed E-state index contributed by atoms with van der Waals surface area (Å²) in [5.41, 5.74) is -2.11. The molecule has 1 unspecified atom stereocenters. The number of amides is 1. The predicted molar refractivity (Wildman–Crippen MR) is 43.4 cm³/mol. The Bertz CT molecular complexity index is 365. The van der Waals surface area contributed by atoms with Crippen molar-refractivity contribution in [2.45, 2.75) is 25.1 Å². The molecule has 0 radical (unpaired) electrons. The van der Waals surface area contributed by atoms with E-state index in [1.165, 1.54) is 0 Å². The van der Waals surface area contributed by atoms with E-state index in [1.54, 1.807) is 0 Å². The molecule has 90 valence electrons. The molecular formula is C8H8F3NO4. The number of hydrogen-bond acceptors (Lipinski definition) is 3. The lowest BCUT2D eigenvalue weighted by Gasteiger charge is -2.30. The van der Waals surface area contributed by atoms with Crippen LogP contribution in [-0.4, -0.2) is 45.9 Å². The maximum absolute atomic E-state index is 12.1. The lowest BCUT2D eigenvalue weighted by molar-refractivity contribution is -0.191. The van der Waals surface area contributed by atoms with Crippen LogP contribution < -0.4 is 0 Å². The summed E-state index contributed by atoms with van der Waals surface area (Å²) in [5.74, 6) is -4.64. The van der Waals surface area contributed by atoms with Gasteiger partial charge in [0.1, 0.15) is 5.54 Å². The maximum atomic E-state index is 12.1. The van der Waals surface area contributed by atoms with Crippen LogP contribution in [0.2, 0.25) is 0 Å². The molecule has 5 nitrogen and oxygen atoms in total. The second kappa shape index (κ2) is 3.46. The highest BCUT2D eigenvalue weighted by Gasteiger charge is 2.56. The first-order chi connectivity index (χ1) is 7.09. The van der Waals surface area contributed by atoms with Crippen LogP contribution in [0.1, 0.15) is 13.3 Å². The van der Waals surface area contributed by atoms with Crippen molar-refractivity contribution >= 4 is 17.7 Å². The van der Waals surface area contributed by atoms with E-state index in [-0.39, 0.29) is 4.90 Å².